The molecule has 25 heavy (non-hydrogen) atoms. The number of nitriles is 1. The molecule has 9 unspecified atom stereocenters. The molecule has 5 rings (SSSR count). The lowest BCUT2D eigenvalue weighted by molar-refractivity contribution is -0.116. The molecule has 4 fully saturated rings. The minimum atomic E-state index is 0.301. The van der Waals surface area contributed by atoms with Gasteiger partial charge in [0.2, 0.25) is 0 Å². The summed E-state index contributed by atoms with van der Waals surface area (Å²) in [6, 6.07) is 2.70. The predicted molar refractivity (Wildman–Crippen MR) is 104 cm³/mol. The van der Waals surface area contributed by atoms with Crippen LogP contribution in [0.2, 0.25) is 0 Å². The molecule has 2 nitrogen and oxygen atoms in total. The van der Waals surface area contributed by atoms with Crippen LogP contribution >= 0.6 is 9.24 Å². The molecule has 0 spiro atoms. The fraction of sp³-hybridized carbons (Fsp3) is 0.818. The van der Waals surface area contributed by atoms with Crippen molar-refractivity contribution in [3.63, 3.8) is 0 Å². The van der Waals surface area contributed by atoms with Crippen LogP contribution in [0.25, 0.3) is 0 Å². The first-order valence-corrected chi connectivity index (χ1v) is 11.2. The van der Waals surface area contributed by atoms with Crippen molar-refractivity contribution < 1.29 is 4.79 Å². The standard InChI is InChI=1S/C20H25NO.C2H7P/c1-20-7-6-14-13-5-3-12(22)8-11(13)2-4-15(14)19(20)17-9-16(17)18(20)10-21;1-2-3/h8,13-19H,2-7,9H2,1H3;2-3H2,1H3. The number of hydrogen-bond acceptors (Lipinski definition) is 2. The molecule has 5 aliphatic carbocycles. The Morgan fingerprint density at radius 2 is 1.96 bits per heavy atom. The average Bonchev–Trinajstić information content (AvgIpc) is 3.30. The Morgan fingerprint density at radius 1 is 1.20 bits per heavy atom. The van der Waals surface area contributed by atoms with E-state index in [0.29, 0.717) is 23.0 Å². The zero-order valence-corrected chi connectivity index (χ0v) is 16.9. The van der Waals surface area contributed by atoms with Gasteiger partial charge in [-0.2, -0.15) is 5.26 Å². The number of carbonyl (C=O) groups is 1. The van der Waals surface area contributed by atoms with Gasteiger partial charge in [-0.3, -0.25) is 4.79 Å². The number of hydrogen-bond donors (Lipinski definition) is 0. The second-order valence-electron chi connectivity index (χ2n) is 9.35. The minimum absolute atomic E-state index is 0.301. The molecule has 3 heteroatoms. The van der Waals surface area contributed by atoms with Crippen molar-refractivity contribution in [3.8, 4) is 6.07 Å². The molecule has 0 heterocycles. The molecular formula is C22H32NOP. The van der Waals surface area contributed by atoms with Crippen LogP contribution in [0.1, 0.15) is 58.8 Å². The molecule has 0 aromatic rings. The van der Waals surface area contributed by atoms with Gasteiger partial charge >= 0.3 is 0 Å². The number of fused-ring (bicyclic) bond motifs is 7. The lowest BCUT2D eigenvalue weighted by Crippen LogP contribution is -2.47. The highest BCUT2D eigenvalue weighted by atomic mass is 31.0. The van der Waals surface area contributed by atoms with Crippen LogP contribution < -0.4 is 0 Å². The summed E-state index contributed by atoms with van der Waals surface area (Å²) >= 11 is 0. The molecule has 0 aromatic heterocycles. The topological polar surface area (TPSA) is 40.9 Å². The van der Waals surface area contributed by atoms with Gasteiger partial charge < -0.3 is 0 Å². The van der Waals surface area contributed by atoms with Gasteiger partial charge in [-0.05, 0) is 91.7 Å². The third-order valence-corrected chi connectivity index (χ3v) is 8.23. The summed E-state index contributed by atoms with van der Waals surface area (Å²) in [7, 11) is 2.58. The summed E-state index contributed by atoms with van der Waals surface area (Å²) in [5.41, 5.74) is 1.78. The highest BCUT2D eigenvalue weighted by molar-refractivity contribution is 7.16. The van der Waals surface area contributed by atoms with E-state index in [1.165, 1.54) is 37.4 Å². The van der Waals surface area contributed by atoms with Crippen LogP contribution in [0.3, 0.4) is 0 Å². The molecule has 136 valence electrons. The third kappa shape index (κ3) is 2.65. The normalized spacial score (nSPS) is 49.3. The molecular weight excluding hydrogens is 325 g/mol. The number of rotatable bonds is 0. The van der Waals surface area contributed by atoms with E-state index in [1.807, 2.05) is 6.08 Å². The van der Waals surface area contributed by atoms with Crippen molar-refractivity contribution in [1.29, 1.82) is 5.26 Å². The number of nitrogens with zero attached hydrogens (tertiary/aromatic N) is 1. The Labute approximate surface area is 155 Å². The molecule has 0 aromatic carbocycles. The predicted octanol–water partition coefficient (Wildman–Crippen LogP) is 5.01. The fourth-order valence-electron chi connectivity index (χ4n) is 7.39. The van der Waals surface area contributed by atoms with Crippen molar-refractivity contribution in [2.75, 3.05) is 6.16 Å². The number of carbonyl (C=O) groups excluding carboxylic acids is 1. The quantitative estimate of drug-likeness (QED) is 0.572. The molecule has 9 atom stereocenters. The van der Waals surface area contributed by atoms with Gasteiger partial charge in [0, 0.05) is 6.42 Å². The van der Waals surface area contributed by atoms with E-state index >= 15 is 0 Å². The fourth-order valence-corrected chi connectivity index (χ4v) is 7.39. The van der Waals surface area contributed by atoms with E-state index < -0.39 is 0 Å². The van der Waals surface area contributed by atoms with E-state index in [4.69, 9.17) is 0 Å². The van der Waals surface area contributed by atoms with Gasteiger partial charge in [0.05, 0.1) is 12.0 Å². The Morgan fingerprint density at radius 3 is 2.68 bits per heavy atom. The summed E-state index contributed by atoms with van der Waals surface area (Å²) < 4.78 is 0. The number of ketones is 1. The molecule has 4 saturated carbocycles. The van der Waals surface area contributed by atoms with Crippen molar-refractivity contribution in [2.45, 2.75) is 58.8 Å². The van der Waals surface area contributed by atoms with Crippen LogP contribution in [0, 0.1) is 58.2 Å². The van der Waals surface area contributed by atoms with E-state index in [9.17, 15) is 10.1 Å². The molecule has 0 amide bonds. The van der Waals surface area contributed by atoms with Gasteiger partial charge in [0.25, 0.3) is 0 Å². The maximum absolute atomic E-state index is 11.7. The zero-order valence-electron chi connectivity index (χ0n) is 15.7. The highest BCUT2D eigenvalue weighted by Crippen LogP contribution is 2.74. The zero-order chi connectivity index (χ0) is 17.8. The van der Waals surface area contributed by atoms with Crippen LogP contribution in [0.4, 0.5) is 0 Å². The molecule has 0 bridgehead atoms. The van der Waals surface area contributed by atoms with E-state index in [1.54, 1.807) is 0 Å². The average molecular weight is 357 g/mol. The van der Waals surface area contributed by atoms with Crippen LogP contribution in [0.15, 0.2) is 11.6 Å². The van der Waals surface area contributed by atoms with Gasteiger partial charge in [-0.25, -0.2) is 0 Å². The summed E-state index contributed by atoms with van der Waals surface area (Å²) in [5.74, 6) is 5.42. The second-order valence-corrected chi connectivity index (χ2v) is 10.2. The molecule has 0 saturated heterocycles. The van der Waals surface area contributed by atoms with Crippen LogP contribution in [-0.2, 0) is 4.79 Å². The Kier molecular flexibility index (Phi) is 4.60. The maximum Gasteiger partial charge on any atom is 0.155 e. The lowest BCUT2D eigenvalue weighted by Gasteiger charge is -2.54. The van der Waals surface area contributed by atoms with E-state index in [0.717, 1.165) is 48.9 Å². The monoisotopic (exact) mass is 357 g/mol. The first kappa shape index (κ1) is 17.7. The Bertz CT molecular complexity index is 634. The SMILES string of the molecule is CC12CCC3C4CCC(=O)C=C4CCC3C1C1CC1C2C#N.CCP. The van der Waals surface area contributed by atoms with Crippen molar-refractivity contribution >= 4 is 15.0 Å². The molecule has 0 radical (unpaired) electrons. The van der Waals surface area contributed by atoms with Gasteiger partial charge in [-0.15, -0.1) is 9.24 Å². The first-order chi connectivity index (χ1) is 12.0. The number of allylic oxidation sites excluding steroid dienone is 1. The van der Waals surface area contributed by atoms with Crippen molar-refractivity contribution in [2.24, 2.45) is 46.8 Å². The summed E-state index contributed by atoms with van der Waals surface area (Å²) in [6.07, 6.45) is 11.3. The molecule has 0 N–H and O–H groups in total. The summed E-state index contributed by atoms with van der Waals surface area (Å²) in [5, 5.41) is 9.68. The van der Waals surface area contributed by atoms with E-state index in [-0.39, 0.29) is 0 Å². The summed E-state index contributed by atoms with van der Waals surface area (Å²) in [4.78, 5) is 11.7. The van der Waals surface area contributed by atoms with Gasteiger partial charge in [0.1, 0.15) is 0 Å². The van der Waals surface area contributed by atoms with E-state index in [2.05, 4.69) is 29.2 Å². The smallest absolute Gasteiger partial charge is 0.155 e. The van der Waals surface area contributed by atoms with Crippen LogP contribution in [0.5, 0.6) is 0 Å². The largest absolute Gasteiger partial charge is 0.295 e. The molecule has 5 aliphatic rings. The maximum atomic E-state index is 11.7. The minimum Gasteiger partial charge on any atom is -0.295 e. The Hall–Kier alpha value is -0.670. The Balaban J connectivity index is 0.000000490. The third-order valence-electron chi connectivity index (χ3n) is 8.23. The highest BCUT2D eigenvalue weighted by Gasteiger charge is 2.69. The van der Waals surface area contributed by atoms with Crippen LogP contribution in [-0.4, -0.2) is 11.9 Å². The second kappa shape index (κ2) is 6.49. The summed E-state index contributed by atoms with van der Waals surface area (Å²) in [6.45, 7) is 4.52. The van der Waals surface area contributed by atoms with Crippen molar-refractivity contribution in [1.82, 2.24) is 0 Å². The molecule has 0 aliphatic heterocycles. The van der Waals surface area contributed by atoms with Gasteiger partial charge in [0.15, 0.2) is 5.78 Å². The first-order valence-electron chi connectivity index (χ1n) is 10.4. The lowest BCUT2D eigenvalue weighted by atomic mass is 9.50. The van der Waals surface area contributed by atoms with Crippen molar-refractivity contribution in [3.05, 3.63) is 11.6 Å². The van der Waals surface area contributed by atoms with Gasteiger partial charge in [-0.1, -0.05) is 19.4 Å².